The Morgan fingerprint density at radius 3 is 1.05 bits per heavy atom. The molecule has 0 spiro atoms. The first-order valence-corrected chi connectivity index (χ1v) is 17.8. The van der Waals surface area contributed by atoms with Crippen LogP contribution in [-0.2, 0) is 21.7 Å². The fourth-order valence-electron chi connectivity index (χ4n) is 8.01. The monoisotopic (exact) mass is 614 g/mol. The van der Waals surface area contributed by atoms with Gasteiger partial charge >= 0.3 is 0 Å². The molecule has 0 radical (unpaired) electrons. The van der Waals surface area contributed by atoms with Gasteiger partial charge in [0.25, 0.3) is 0 Å². The van der Waals surface area contributed by atoms with Crippen LogP contribution in [0.3, 0.4) is 0 Å². The van der Waals surface area contributed by atoms with Gasteiger partial charge in [-0.15, -0.1) is 22.7 Å². The molecule has 0 saturated carbocycles. The zero-order chi connectivity index (χ0) is 31.2. The van der Waals surface area contributed by atoms with Gasteiger partial charge < -0.3 is 8.80 Å². The van der Waals surface area contributed by atoms with Crippen LogP contribution >= 0.6 is 22.7 Å². The number of rotatable bonds is 0. The average Bonchev–Trinajstić information content (AvgIpc) is 3.42. The van der Waals surface area contributed by atoms with E-state index in [4.69, 9.17) is 0 Å². The molecule has 44 heavy (non-hydrogen) atoms. The molecule has 9 aromatic rings. The number of hydrogen-bond acceptors (Lipinski definition) is 2. The lowest BCUT2D eigenvalue weighted by Crippen LogP contribution is -2.13. The van der Waals surface area contributed by atoms with Crippen molar-refractivity contribution in [1.82, 2.24) is 8.80 Å². The topological polar surface area (TPSA) is 8.82 Å². The Kier molecular flexibility index (Phi) is 4.74. The summed E-state index contributed by atoms with van der Waals surface area (Å²) >= 11 is 4.00. The standard InChI is InChI=1S/C40H42N2S2/c1-37(2,3)19-13-21-29-23(39(7,8)9)17-28-34-35(29)41-31(21)25(15-19)43-27-18-24(40(10,11)12)30-22-14-20(38(4,5)6)16-26(44-28)32(22)42(34)36(30)33(27)41/h13-18H,1-12H3. The molecular weight excluding hydrogens is 573 g/mol. The highest BCUT2D eigenvalue weighted by Gasteiger charge is 2.34. The van der Waals surface area contributed by atoms with Crippen LogP contribution in [0.2, 0.25) is 0 Å². The minimum atomic E-state index is 0.00185. The van der Waals surface area contributed by atoms with Crippen LogP contribution in [0.15, 0.2) is 36.4 Å². The van der Waals surface area contributed by atoms with Gasteiger partial charge in [0.15, 0.2) is 0 Å². The summed E-state index contributed by atoms with van der Waals surface area (Å²) in [7, 11) is 0. The third kappa shape index (κ3) is 3.17. The summed E-state index contributed by atoms with van der Waals surface area (Å²) in [6.07, 6.45) is 0. The third-order valence-corrected chi connectivity index (χ3v) is 12.4. The first-order chi connectivity index (χ1) is 20.4. The Bertz CT molecular complexity index is 2430. The van der Waals surface area contributed by atoms with E-state index in [1.165, 1.54) is 95.7 Å². The van der Waals surface area contributed by atoms with Crippen LogP contribution in [0.25, 0.3) is 73.4 Å². The van der Waals surface area contributed by atoms with Crippen molar-refractivity contribution in [3.8, 4) is 0 Å². The zero-order valence-corrected chi connectivity index (χ0v) is 29.8. The molecule has 5 aromatic heterocycles. The molecular formula is C40H42N2S2. The third-order valence-electron chi connectivity index (χ3n) is 10.3. The molecule has 224 valence electrons. The lowest BCUT2D eigenvalue weighted by atomic mass is 9.82. The minimum absolute atomic E-state index is 0.00185. The fourth-order valence-corrected chi connectivity index (χ4v) is 10.4. The molecule has 0 bridgehead atoms. The summed E-state index contributed by atoms with van der Waals surface area (Å²) in [4.78, 5) is 0. The maximum Gasteiger partial charge on any atom is 0.0885 e. The minimum Gasteiger partial charge on any atom is -0.302 e. The van der Waals surface area contributed by atoms with Crippen molar-refractivity contribution in [2.24, 2.45) is 0 Å². The van der Waals surface area contributed by atoms with Gasteiger partial charge in [-0.1, -0.05) is 83.1 Å². The highest BCUT2D eigenvalue weighted by Crippen LogP contribution is 2.54. The SMILES string of the molecule is CC(C)(C)c1cc2sc3cc(C(C)(C)C)c4c5cc(C(C)(C)C)cc6sc7cc(C(C)(C)C)c8c(c1)c2n1c3c4n(c65)c7c81. The van der Waals surface area contributed by atoms with E-state index in [2.05, 4.69) is 128 Å². The van der Waals surface area contributed by atoms with E-state index in [1.54, 1.807) is 0 Å². The lowest BCUT2D eigenvalue weighted by Gasteiger charge is -2.24. The number of fused-ring (bicyclic) bond motifs is 2. The van der Waals surface area contributed by atoms with E-state index >= 15 is 0 Å². The molecule has 0 amide bonds. The van der Waals surface area contributed by atoms with Crippen LogP contribution in [0, 0.1) is 0 Å². The van der Waals surface area contributed by atoms with Crippen molar-refractivity contribution >= 4 is 96.1 Å². The van der Waals surface area contributed by atoms with Crippen molar-refractivity contribution in [2.45, 2.75) is 105 Å². The van der Waals surface area contributed by atoms with E-state index < -0.39 is 0 Å². The van der Waals surface area contributed by atoms with Gasteiger partial charge in [0.1, 0.15) is 0 Å². The van der Waals surface area contributed by atoms with Crippen LogP contribution in [-0.4, -0.2) is 8.80 Å². The second-order valence-electron chi connectivity index (χ2n) is 17.6. The van der Waals surface area contributed by atoms with E-state index in [9.17, 15) is 0 Å². The van der Waals surface area contributed by atoms with E-state index in [1.807, 2.05) is 22.7 Å². The lowest BCUT2D eigenvalue weighted by molar-refractivity contribution is 0.591. The van der Waals surface area contributed by atoms with Crippen LogP contribution in [0.5, 0.6) is 0 Å². The van der Waals surface area contributed by atoms with Gasteiger partial charge in [0.2, 0.25) is 0 Å². The summed E-state index contributed by atoms with van der Waals surface area (Å²) in [5, 5.41) is 5.73. The maximum absolute atomic E-state index is 2.70. The molecule has 0 saturated heterocycles. The summed E-state index contributed by atoms with van der Waals surface area (Å²) in [6, 6.07) is 15.2. The highest BCUT2D eigenvalue weighted by atomic mass is 32.1. The Morgan fingerprint density at radius 1 is 0.386 bits per heavy atom. The van der Waals surface area contributed by atoms with Gasteiger partial charge in [-0.3, -0.25) is 0 Å². The second-order valence-corrected chi connectivity index (χ2v) is 19.8. The molecule has 2 nitrogen and oxygen atoms in total. The van der Waals surface area contributed by atoms with Crippen molar-refractivity contribution in [3.63, 3.8) is 0 Å². The maximum atomic E-state index is 2.70. The predicted molar refractivity (Wildman–Crippen MR) is 197 cm³/mol. The number of benzene rings is 4. The number of hydrogen-bond donors (Lipinski definition) is 0. The van der Waals surface area contributed by atoms with Crippen molar-refractivity contribution < 1.29 is 0 Å². The predicted octanol–water partition coefficient (Wildman–Crippen LogP) is 12.7. The Balaban J connectivity index is 1.71. The van der Waals surface area contributed by atoms with Crippen molar-refractivity contribution in [2.75, 3.05) is 0 Å². The van der Waals surface area contributed by atoms with Gasteiger partial charge in [-0.25, -0.2) is 0 Å². The fraction of sp³-hybridized carbons (Fsp3) is 0.400. The normalized spacial score (nSPS) is 14.8. The molecule has 4 heteroatoms. The van der Waals surface area contributed by atoms with E-state index in [-0.39, 0.29) is 21.7 Å². The zero-order valence-electron chi connectivity index (χ0n) is 28.2. The molecule has 9 rings (SSSR count). The van der Waals surface area contributed by atoms with Crippen molar-refractivity contribution in [1.29, 1.82) is 0 Å². The summed E-state index contributed by atoms with van der Waals surface area (Å²) in [6.45, 7) is 28.5. The van der Waals surface area contributed by atoms with Gasteiger partial charge in [0, 0.05) is 21.5 Å². The van der Waals surface area contributed by atoms with E-state index in [0.717, 1.165) is 0 Å². The van der Waals surface area contributed by atoms with Crippen molar-refractivity contribution in [3.05, 3.63) is 58.7 Å². The van der Waals surface area contributed by atoms with Crippen LogP contribution in [0.1, 0.15) is 105 Å². The first kappa shape index (κ1) is 27.2. The van der Waals surface area contributed by atoms with Crippen LogP contribution < -0.4 is 0 Å². The van der Waals surface area contributed by atoms with Gasteiger partial charge in [0.05, 0.1) is 51.9 Å². The largest absolute Gasteiger partial charge is 0.302 e. The Hall–Kier alpha value is -3.08. The molecule has 0 aliphatic carbocycles. The average molecular weight is 615 g/mol. The molecule has 0 aliphatic heterocycles. The molecule has 0 fully saturated rings. The molecule has 0 N–H and O–H groups in total. The van der Waals surface area contributed by atoms with Gasteiger partial charge in [-0.2, -0.15) is 0 Å². The van der Waals surface area contributed by atoms with Gasteiger partial charge in [-0.05, 0) is 80.3 Å². The Morgan fingerprint density at radius 2 is 0.727 bits per heavy atom. The molecule has 0 unspecified atom stereocenters. The first-order valence-electron chi connectivity index (χ1n) is 16.1. The summed E-state index contributed by atoms with van der Waals surface area (Å²) in [5.74, 6) is 0. The molecule has 4 aromatic carbocycles. The molecule has 5 heterocycles. The number of aromatic nitrogens is 2. The highest BCUT2D eigenvalue weighted by molar-refractivity contribution is 7.25. The smallest absolute Gasteiger partial charge is 0.0885 e. The van der Waals surface area contributed by atoms with Crippen LogP contribution in [0.4, 0.5) is 0 Å². The van der Waals surface area contributed by atoms with E-state index in [0.29, 0.717) is 0 Å². The second kappa shape index (κ2) is 7.65. The quantitative estimate of drug-likeness (QED) is 0.119. The Labute approximate surface area is 267 Å². The summed E-state index contributed by atoms with van der Waals surface area (Å²) < 4.78 is 11.0. The molecule has 0 aliphatic rings. The molecule has 0 atom stereocenters. The number of nitrogens with zero attached hydrogens (tertiary/aromatic N) is 2. The summed E-state index contributed by atoms with van der Waals surface area (Å²) in [5.41, 5.74) is 14.3.